The van der Waals surface area contributed by atoms with Gasteiger partial charge in [-0.25, -0.2) is 14.8 Å². The molecule has 0 aliphatic heterocycles. The zero-order valence-corrected chi connectivity index (χ0v) is 19.2. The van der Waals surface area contributed by atoms with Gasteiger partial charge in [-0.05, 0) is 38.5 Å². The van der Waals surface area contributed by atoms with Crippen LogP contribution in [0.25, 0.3) is 11.3 Å². The molecule has 11 heteroatoms. The van der Waals surface area contributed by atoms with Gasteiger partial charge in [-0.3, -0.25) is 10.1 Å². The molecule has 3 rings (SSSR count). The maximum Gasteiger partial charge on any atom is 0.345 e. The van der Waals surface area contributed by atoms with Crippen molar-refractivity contribution < 1.29 is 18.8 Å². The molecule has 32 heavy (non-hydrogen) atoms. The summed E-state index contributed by atoms with van der Waals surface area (Å²) in [6.45, 7) is 4.25. The SMILES string of the molecule is COC(=O)c1c(-c2c(Cl)cccc2Cl)noc1NC(=O)CCCNc1nc(C)cc(C)n1. The fourth-order valence-corrected chi connectivity index (χ4v) is 3.58. The fraction of sp³-hybridized carbons (Fsp3) is 0.286. The van der Waals surface area contributed by atoms with Gasteiger partial charge in [0.1, 0.15) is 5.69 Å². The Morgan fingerprint density at radius 3 is 2.41 bits per heavy atom. The van der Waals surface area contributed by atoms with E-state index < -0.39 is 5.97 Å². The molecule has 1 amide bonds. The predicted molar refractivity (Wildman–Crippen MR) is 121 cm³/mol. The van der Waals surface area contributed by atoms with Crippen LogP contribution in [0.15, 0.2) is 28.8 Å². The molecule has 0 spiro atoms. The number of hydrogen-bond donors (Lipinski definition) is 2. The van der Waals surface area contributed by atoms with E-state index in [4.69, 9.17) is 32.5 Å². The second-order valence-electron chi connectivity index (χ2n) is 6.88. The summed E-state index contributed by atoms with van der Waals surface area (Å²) in [5, 5.41) is 10.1. The highest BCUT2D eigenvalue weighted by Crippen LogP contribution is 2.38. The number of rotatable bonds is 8. The van der Waals surface area contributed by atoms with Crippen LogP contribution in [0, 0.1) is 13.8 Å². The number of benzene rings is 1. The largest absolute Gasteiger partial charge is 0.465 e. The van der Waals surface area contributed by atoms with Crippen LogP contribution in [-0.4, -0.2) is 40.7 Å². The minimum Gasteiger partial charge on any atom is -0.465 e. The lowest BCUT2D eigenvalue weighted by Crippen LogP contribution is -2.16. The quantitative estimate of drug-likeness (QED) is 0.354. The number of esters is 1. The average Bonchev–Trinajstić information content (AvgIpc) is 3.13. The van der Waals surface area contributed by atoms with E-state index in [0.717, 1.165) is 11.4 Å². The molecule has 3 aromatic rings. The smallest absolute Gasteiger partial charge is 0.345 e. The van der Waals surface area contributed by atoms with Crippen LogP contribution in [0.1, 0.15) is 34.6 Å². The van der Waals surface area contributed by atoms with Crippen molar-refractivity contribution in [3.8, 4) is 11.3 Å². The number of hydrogen-bond acceptors (Lipinski definition) is 8. The number of carbonyl (C=O) groups excluding carboxylic acids is 2. The third kappa shape index (κ3) is 5.54. The Morgan fingerprint density at radius 1 is 1.12 bits per heavy atom. The molecule has 0 fully saturated rings. The van der Waals surface area contributed by atoms with Crippen LogP contribution in [-0.2, 0) is 9.53 Å². The van der Waals surface area contributed by atoms with Crippen molar-refractivity contribution >= 4 is 46.9 Å². The van der Waals surface area contributed by atoms with Crippen molar-refractivity contribution in [1.82, 2.24) is 15.1 Å². The maximum absolute atomic E-state index is 12.4. The summed E-state index contributed by atoms with van der Waals surface area (Å²) in [6, 6.07) is 6.73. The molecule has 2 aromatic heterocycles. The first-order valence-corrected chi connectivity index (χ1v) is 10.4. The Kier molecular flexibility index (Phi) is 7.66. The number of nitrogens with one attached hydrogen (secondary N) is 2. The summed E-state index contributed by atoms with van der Waals surface area (Å²) in [6.07, 6.45) is 0.647. The van der Waals surface area contributed by atoms with Gasteiger partial charge in [0.2, 0.25) is 17.7 Å². The third-order valence-corrected chi connectivity index (χ3v) is 5.01. The van der Waals surface area contributed by atoms with Gasteiger partial charge in [0.15, 0.2) is 5.56 Å². The first-order valence-electron chi connectivity index (χ1n) is 9.68. The number of halogens is 2. The molecule has 0 radical (unpaired) electrons. The van der Waals surface area contributed by atoms with Crippen molar-refractivity contribution in [3.05, 3.63) is 51.3 Å². The van der Waals surface area contributed by atoms with Crippen molar-refractivity contribution in [2.45, 2.75) is 26.7 Å². The predicted octanol–water partition coefficient (Wildman–Crippen LogP) is 4.67. The number of carbonyl (C=O) groups is 2. The molecule has 0 saturated heterocycles. The number of ether oxygens (including phenoxy) is 1. The van der Waals surface area contributed by atoms with Crippen molar-refractivity contribution in [3.63, 3.8) is 0 Å². The lowest BCUT2D eigenvalue weighted by molar-refractivity contribution is -0.116. The highest BCUT2D eigenvalue weighted by atomic mass is 35.5. The second-order valence-corrected chi connectivity index (χ2v) is 7.69. The van der Waals surface area contributed by atoms with Crippen molar-refractivity contribution in [1.29, 1.82) is 0 Å². The standard InChI is InChI=1S/C21H21Cl2N5O4/c1-11-10-12(2)26-21(25-11)24-9-5-8-15(29)27-19-17(20(30)31-3)18(28-32-19)16-13(22)6-4-7-14(16)23/h4,6-7,10H,5,8-9H2,1-3H3,(H,27,29)(H,24,25,26). The number of anilines is 2. The van der Waals surface area contributed by atoms with Gasteiger partial charge >= 0.3 is 5.97 Å². The molecule has 0 aliphatic carbocycles. The minimum absolute atomic E-state index is 0.0717. The Hall–Kier alpha value is -3.17. The van der Waals surface area contributed by atoms with Gasteiger partial charge < -0.3 is 14.6 Å². The highest BCUT2D eigenvalue weighted by molar-refractivity contribution is 6.39. The molecule has 0 saturated carbocycles. The highest BCUT2D eigenvalue weighted by Gasteiger charge is 2.28. The Morgan fingerprint density at radius 2 is 1.78 bits per heavy atom. The number of nitrogens with zero attached hydrogens (tertiary/aromatic N) is 3. The van der Waals surface area contributed by atoms with Gasteiger partial charge in [0, 0.05) is 29.9 Å². The van der Waals surface area contributed by atoms with Gasteiger partial charge in [-0.1, -0.05) is 34.4 Å². The molecule has 1 aromatic carbocycles. The normalized spacial score (nSPS) is 10.7. The minimum atomic E-state index is -0.749. The van der Waals surface area contributed by atoms with Crippen LogP contribution < -0.4 is 10.6 Å². The molecular formula is C21H21Cl2N5O4. The Balaban J connectivity index is 1.68. The summed E-state index contributed by atoms with van der Waals surface area (Å²) in [7, 11) is 1.21. The Bertz CT molecular complexity index is 1110. The van der Waals surface area contributed by atoms with E-state index in [0.29, 0.717) is 24.5 Å². The van der Waals surface area contributed by atoms with Crippen molar-refractivity contribution in [2.24, 2.45) is 0 Å². The van der Waals surface area contributed by atoms with Gasteiger partial charge in [-0.15, -0.1) is 0 Å². The number of amides is 1. The van der Waals surface area contributed by atoms with E-state index in [9.17, 15) is 9.59 Å². The van der Waals surface area contributed by atoms with Crippen LogP contribution in [0.4, 0.5) is 11.8 Å². The summed E-state index contributed by atoms with van der Waals surface area (Å²) < 4.78 is 10.0. The molecule has 0 aliphatic rings. The molecule has 0 bridgehead atoms. The number of methoxy groups -OCH3 is 1. The first-order chi connectivity index (χ1) is 15.3. The van der Waals surface area contributed by atoms with Gasteiger partial charge in [0.05, 0.1) is 17.2 Å². The number of aryl methyl sites for hydroxylation is 2. The van der Waals surface area contributed by atoms with Gasteiger partial charge in [-0.2, -0.15) is 0 Å². The monoisotopic (exact) mass is 477 g/mol. The summed E-state index contributed by atoms with van der Waals surface area (Å²) >= 11 is 12.5. The van der Waals surface area contributed by atoms with Crippen LogP contribution in [0.5, 0.6) is 0 Å². The van der Waals surface area contributed by atoms with E-state index in [1.165, 1.54) is 7.11 Å². The molecule has 9 nitrogen and oxygen atoms in total. The topological polar surface area (TPSA) is 119 Å². The van der Waals surface area contributed by atoms with E-state index in [2.05, 4.69) is 25.8 Å². The second kappa shape index (κ2) is 10.4. The fourth-order valence-electron chi connectivity index (χ4n) is 3.00. The molecular weight excluding hydrogens is 457 g/mol. The van der Waals surface area contributed by atoms with E-state index in [1.807, 2.05) is 19.9 Å². The van der Waals surface area contributed by atoms with Crippen LogP contribution >= 0.6 is 23.2 Å². The van der Waals surface area contributed by atoms with E-state index >= 15 is 0 Å². The lowest BCUT2D eigenvalue weighted by atomic mass is 10.1. The summed E-state index contributed by atoms with van der Waals surface area (Å²) in [4.78, 5) is 33.4. The average molecular weight is 478 g/mol. The molecule has 0 unspecified atom stereocenters. The number of aromatic nitrogens is 3. The van der Waals surface area contributed by atoms with Gasteiger partial charge in [0.25, 0.3) is 0 Å². The van der Waals surface area contributed by atoms with Crippen molar-refractivity contribution in [2.75, 3.05) is 24.3 Å². The van der Waals surface area contributed by atoms with Crippen LogP contribution in [0.3, 0.4) is 0 Å². The Labute approximate surface area is 194 Å². The molecule has 2 heterocycles. The maximum atomic E-state index is 12.4. The summed E-state index contributed by atoms with van der Waals surface area (Å²) in [5.41, 5.74) is 2.02. The summed E-state index contributed by atoms with van der Waals surface area (Å²) in [5.74, 6) is -0.752. The van der Waals surface area contributed by atoms with E-state index in [1.54, 1.807) is 18.2 Å². The third-order valence-electron chi connectivity index (χ3n) is 4.38. The zero-order chi connectivity index (χ0) is 23.3. The zero-order valence-electron chi connectivity index (χ0n) is 17.7. The molecule has 0 atom stereocenters. The lowest BCUT2D eigenvalue weighted by Gasteiger charge is -2.08. The first kappa shape index (κ1) is 23.5. The van der Waals surface area contributed by atoms with Crippen LogP contribution in [0.2, 0.25) is 10.0 Å². The molecule has 168 valence electrons. The molecule has 2 N–H and O–H groups in total. The van der Waals surface area contributed by atoms with E-state index in [-0.39, 0.29) is 39.5 Å².